The summed E-state index contributed by atoms with van der Waals surface area (Å²) in [4.78, 5) is 8.32. The summed E-state index contributed by atoms with van der Waals surface area (Å²) >= 11 is 0. The molecular weight excluding hydrogens is 194 g/mol. The van der Waals surface area contributed by atoms with Gasteiger partial charge in [0, 0.05) is 18.8 Å². The molecule has 2 heterocycles. The summed E-state index contributed by atoms with van der Waals surface area (Å²) in [5.41, 5.74) is 5.53. The maximum Gasteiger partial charge on any atom is 0.226 e. The maximum absolute atomic E-state index is 5.53. The summed E-state index contributed by atoms with van der Waals surface area (Å²) < 4.78 is 6.92. The Labute approximate surface area is 87.1 Å². The molecule has 0 aromatic carbocycles. The second kappa shape index (κ2) is 4.22. The van der Waals surface area contributed by atoms with E-state index in [1.54, 1.807) is 6.20 Å². The predicted molar refractivity (Wildman–Crippen MR) is 52.9 cm³/mol. The number of hydrogen-bond donors (Lipinski definition) is 1. The molecule has 0 unspecified atom stereocenters. The molecule has 0 saturated carbocycles. The third-order valence-corrected chi connectivity index (χ3v) is 2.11. The summed E-state index contributed by atoms with van der Waals surface area (Å²) in [7, 11) is 0. The van der Waals surface area contributed by atoms with Crippen LogP contribution in [0.4, 0.5) is 0 Å². The molecule has 2 aromatic rings. The minimum atomic E-state index is 0.408. The minimum Gasteiger partial charge on any atom is -0.339 e. The number of aromatic nitrogens is 4. The van der Waals surface area contributed by atoms with Crippen molar-refractivity contribution < 1.29 is 4.52 Å². The summed E-state index contributed by atoms with van der Waals surface area (Å²) in [6.07, 6.45) is 4.31. The first kappa shape index (κ1) is 9.85. The molecule has 6 nitrogen and oxygen atoms in total. The highest BCUT2D eigenvalue weighted by Gasteiger charge is 2.07. The van der Waals surface area contributed by atoms with Crippen LogP contribution < -0.4 is 5.73 Å². The van der Waals surface area contributed by atoms with Crippen molar-refractivity contribution in [1.29, 1.82) is 0 Å². The lowest BCUT2D eigenvalue weighted by Crippen LogP contribution is -2.09. The standard InChI is InChI=1S/C9H13N5O/c1-2-9-12-7(13-15-9)6-14-4-3-11-8(14)5-10/h3-4H,2,5-6,10H2,1H3. The topological polar surface area (TPSA) is 82.8 Å². The molecular formula is C9H13N5O. The average Bonchev–Trinajstić information content (AvgIpc) is 2.87. The second-order valence-electron chi connectivity index (χ2n) is 3.13. The lowest BCUT2D eigenvalue weighted by molar-refractivity contribution is 0.375. The van der Waals surface area contributed by atoms with E-state index in [1.807, 2.05) is 17.7 Å². The van der Waals surface area contributed by atoms with Crippen molar-refractivity contribution in [3.63, 3.8) is 0 Å². The fraction of sp³-hybridized carbons (Fsp3) is 0.444. The third-order valence-electron chi connectivity index (χ3n) is 2.11. The minimum absolute atomic E-state index is 0.408. The number of imidazole rings is 1. The van der Waals surface area contributed by atoms with Gasteiger partial charge in [0.15, 0.2) is 5.82 Å². The summed E-state index contributed by atoms with van der Waals surface area (Å²) in [6.45, 7) is 2.93. The van der Waals surface area contributed by atoms with Gasteiger partial charge in [-0.05, 0) is 0 Å². The molecule has 80 valence electrons. The van der Waals surface area contributed by atoms with Gasteiger partial charge in [0.2, 0.25) is 5.89 Å². The van der Waals surface area contributed by atoms with Crippen LogP contribution in [-0.2, 0) is 19.5 Å². The Morgan fingerprint density at radius 3 is 3.07 bits per heavy atom. The predicted octanol–water partition coefficient (Wildman–Crippen LogP) is 0.336. The molecule has 0 aliphatic rings. The van der Waals surface area contributed by atoms with Gasteiger partial charge in [0.05, 0.1) is 13.1 Å². The Bertz CT molecular complexity index is 433. The summed E-state index contributed by atoms with van der Waals surface area (Å²) in [6, 6.07) is 0. The largest absolute Gasteiger partial charge is 0.339 e. The van der Waals surface area contributed by atoms with E-state index in [2.05, 4.69) is 15.1 Å². The van der Waals surface area contributed by atoms with Crippen molar-refractivity contribution in [1.82, 2.24) is 19.7 Å². The van der Waals surface area contributed by atoms with Gasteiger partial charge >= 0.3 is 0 Å². The SMILES string of the molecule is CCc1nc(Cn2ccnc2CN)no1. The number of nitrogens with zero attached hydrogens (tertiary/aromatic N) is 4. The van der Waals surface area contributed by atoms with Crippen LogP contribution in [0.5, 0.6) is 0 Å². The number of nitrogens with two attached hydrogens (primary N) is 1. The molecule has 0 amide bonds. The Balaban J connectivity index is 2.14. The third kappa shape index (κ3) is 2.04. The number of aryl methyl sites for hydroxylation is 1. The summed E-state index contributed by atoms with van der Waals surface area (Å²) in [5.74, 6) is 2.12. The van der Waals surface area contributed by atoms with E-state index in [0.717, 1.165) is 12.2 Å². The van der Waals surface area contributed by atoms with Crippen LogP contribution in [0.2, 0.25) is 0 Å². The molecule has 0 fully saturated rings. The number of rotatable bonds is 4. The van der Waals surface area contributed by atoms with Crippen LogP contribution in [-0.4, -0.2) is 19.7 Å². The number of hydrogen-bond acceptors (Lipinski definition) is 5. The van der Waals surface area contributed by atoms with Crippen molar-refractivity contribution in [3.8, 4) is 0 Å². The highest BCUT2D eigenvalue weighted by atomic mass is 16.5. The first-order valence-corrected chi connectivity index (χ1v) is 4.85. The normalized spacial score (nSPS) is 10.8. The van der Waals surface area contributed by atoms with Crippen LogP contribution in [0.15, 0.2) is 16.9 Å². The van der Waals surface area contributed by atoms with Gasteiger partial charge < -0.3 is 14.8 Å². The molecule has 2 aromatic heterocycles. The van der Waals surface area contributed by atoms with E-state index in [1.165, 1.54) is 0 Å². The molecule has 15 heavy (non-hydrogen) atoms. The van der Waals surface area contributed by atoms with Crippen LogP contribution >= 0.6 is 0 Å². The highest BCUT2D eigenvalue weighted by Crippen LogP contribution is 2.03. The van der Waals surface area contributed by atoms with Gasteiger partial charge in [-0.1, -0.05) is 12.1 Å². The quantitative estimate of drug-likeness (QED) is 0.781. The second-order valence-corrected chi connectivity index (χ2v) is 3.13. The smallest absolute Gasteiger partial charge is 0.226 e. The molecule has 0 spiro atoms. The molecule has 0 atom stereocenters. The van der Waals surface area contributed by atoms with Crippen LogP contribution in [0.25, 0.3) is 0 Å². The highest BCUT2D eigenvalue weighted by molar-refractivity contribution is 4.96. The van der Waals surface area contributed by atoms with Crippen molar-refractivity contribution in [2.45, 2.75) is 26.4 Å². The lowest BCUT2D eigenvalue weighted by atomic mass is 10.5. The molecule has 2 rings (SSSR count). The molecule has 6 heteroatoms. The van der Waals surface area contributed by atoms with Gasteiger partial charge in [0.25, 0.3) is 0 Å². The Kier molecular flexibility index (Phi) is 2.77. The van der Waals surface area contributed by atoms with E-state index in [4.69, 9.17) is 10.3 Å². The van der Waals surface area contributed by atoms with E-state index < -0.39 is 0 Å². The maximum atomic E-state index is 5.53. The molecule has 2 N–H and O–H groups in total. The van der Waals surface area contributed by atoms with Gasteiger partial charge in [-0.15, -0.1) is 0 Å². The Morgan fingerprint density at radius 2 is 2.40 bits per heavy atom. The average molecular weight is 207 g/mol. The van der Waals surface area contributed by atoms with Gasteiger partial charge in [0.1, 0.15) is 5.82 Å². The van der Waals surface area contributed by atoms with Crippen molar-refractivity contribution in [2.75, 3.05) is 0 Å². The van der Waals surface area contributed by atoms with Crippen LogP contribution in [0.1, 0.15) is 24.5 Å². The molecule has 0 radical (unpaired) electrons. The molecule has 0 aliphatic carbocycles. The monoisotopic (exact) mass is 207 g/mol. The zero-order chi connectivity index (χ0) is 10.7. The zero-order valence-electron chi connectivity index (χ0n) is 8.55. The lowest BCUT2D eigenvalue weighted by Gasteiger charge is -2.01. The van der Waals surface area contributed by atoms with Gasteiger partial charge in [-0.3, -0.25) is 0 Å². The van der Waals surface area contributed by atoms with Crippen molar-refractivity contribution >= 4 is 0 Å². The van der Waals surface area contributed by atoms with Crippen molar-refractivity contribution in [3.05, 3.63) is 29.9 Å². The fourth-order valence-corrected chi connectivity index (χ4v) is 1.32. The van der Waals surface area contributed by atoms with Crippen LogP contribution in [0, 0.1) is 0 Å². The van der Waals surface area contributed by atoms with Gasteiger partial charge in [-0.25, -0.2) is 4.98 Å². The fourth-order valence-electron chi connectivity index (χ4n) is 1.32. The van der Waals surface area contributed by atoms with Gasteiger partial charge in [-0.2, -0.15) is 4.98 Å². The first-order valence-electron chi connectivity index (χ1n) is 4.85. The zero-order valence-corrected chi connectivity index (χ0v) is 8.55. The molecule has 0 aliphatic heterocycles. The van der Waals surface area contributed by atoms with Crippen LogP contribution in [0.3, 0.4) is 0 Å². The Morgan fingerprint density at radius 1 is 1.53 bits per heavy atom. The van der Waals surface area contributed by atoms with E-state index >= 15 is 0 Å². The Hall–Kier alpha value is -1.69. The van der Waals surface area contributed by atoms with E-state index in [-0.39, 0.29) is 0 Å². The molecule has 0 bridgehead atoms. The van der Waals surface area contributed by atoms with E-state index in [0.29, 0.717) is 24.8 Å². The van der Waals surface area contributed by atoms with Crippen molar-refractivity contribution in [2.24, 2.45) is 5.73 Å². The summed E-state index contributed by atoms with van der Waals surface area (Å²) in [5, 5.41) is 3.86. The van der Waals surface area contributed by atoms with E-state index in [9.17, 15) is 0 Å². The first-order chi connectivity index (χ1) is 7.33. The molecule has 0 saturated heterocycles.